The van der Waals surface area contributed by atoms with E-state index in [1.54, 1.807) is 0 Å². The molecule has 0 heterocycles. The Morgan fingerprint density at radius 1 is 1.17 bits per heavy atom. The van der Waals surface area contributed by atoms with Crippen molar-refractivity contribution >= 4 is 5.97 Å². The molecule has 98 valence electrons. The van der Waals surface area contributed by atoms with Gasteiger partial charge in [0.25, 0.3) is 0 Å². The summed E-state index contributed by atoms with van der Waals surface area (Å²) in [6, 6.07) is 8.58. The van der Waals surface area contributed by atoms with Crippen molar-refractivity contribution in [3.05, 3.63) is 47.2 Å². The van der Waals surface area contributed by atoms with E-state index in [0.717, 1.165) is 12.0 Å². The van der Waals surface area contributed by atoms with Gasteiger partial charge in [-0.05, 0) is 35.5 Å². The van der Waals surface area contributed by atoms with Gasteiger partial charge in [0.2, 0.25) is 0 Å². The number of rotatable bonds is 3. The summed E-state index contributed by atoms with van der Waals surface area (Å²) in [5.74, 6) is -0.280. The number of carbonyl (C=O) groups is 1. The second kappa shape index (κ2) is 5.85. The van der Waals surface area contributed by atoms with Crippen LogP contribution in [0.15, 0.2) is 36.1 Å². The van der Waals surface area contributed by atoms with Crippen LogP contribution in [-0.2, 0) is 21.4 Å². The van der Waals surface area contributed by atoms with Gasteiger partial charge in [0.15, 0.2) is 0 Å². The maximum atomic E-state index is 10.7. The second-order valence-corrected chi connectivity index (χ2v) is 5.70. The summed E-state index contributed by atoms with van der Waals surface area (Å²) in [5, 5.41) is 0. The minimum atomic E-state index is -0.280. The fraction of sp³-hybridized carbons (Fsp3) is 0.438. The fourth-order valence-electron chi connectivity index (χ4n) is 1.67. The average molecular weight is 246 g/mol. The lowest BCUT2D eigenvalue weighted by Crippen LogP contribution is -2.10. The molecule has 0 fully saturated rings. The quantitative estimate of drug-likeness (QED) is 0.595. The molecule has 0 aliphatic heterocycles. The number of hydrogen-bond donors (Lipinski definition) is 0. The molecule has 2 nitrogen and oxygen atoms in total. The van der Waals surface area contributed by atoms with Crippen molar-refractivity contribution in [1.82, 2.24) is 0 Å². The lowest BCUT2D eigenvalue weighted by atomic mass is 9.86. The highest BCUT2D eigenvalue weighted by molar-refractivity contribution is 5.66. The van der Waals surface area contributed by atoms with E-state index in [4.69, 9.17) is 4.74 Å². The number of esters is 1. The minimum absolute atomic E-state index is 0.182. The highest BCUT2D eigenvalue weighted by atomic mass is 16.5. The Morgan fingerprint density at radius 3 is 2.17 bits per heavy atom. The Bertz CT molecular complexity index is 433. The van der Waals surface area contributed by atoms with Crippen molar-refractivity contribution in [2.45, 2.75) is 46.5 Å². The third-order valence-corrected chi connectivity index (χ3v) is 2.73. The molecule has 0 radical (unpaired) electrons. The minimum Gasteiger partial charge on any atom is -0.435 e. The predicted molar refractivity (Wildman–Crippen MR) is 74.4 cm³/mol. The standard InChI is InChI=1S/C16H22O2/c1-12(11-18-13(2)17)10-14-6-8-15(9-7-14)16(3,4)5/h6-9,11H,10H2,1-5H3/b12-11+. The highest BCUT2D eigenvalue weighted by Crippen LogP contribution is 2.22. The van der Waals surface area contributed by atoms with Crippen LogP contribution in [0.5, 0.6) is 0 Å². The first-order chi connectivity index (χ1) is 8.29. The molecular weight excluding hydrogens is 224 g/mol. The third kappa shape index (κ3) is 4.74. The van der Waals surface area contributed by atoms with Gasteiger partial charge in [0, 0.05) is 6.92 Å². The summed E-state index contributed by atoms with van der Waals surface area (Å²) in [6.07, 6.45) is 2.33. The summed E-state index contributed by atoms with van der Waals surface area (Å²) in [5.41, 5.74) is 3.77. The van der Waals surface area contributed by atoms with Crippen molar-refractivity contribution in [3.8, 4) is 0 Å². The van der Waals surface area contributed by atoms with Gasteiger partial charge in [-0.3, -0.25) is 4.79 Å². The van der Waals surface area contributed by atoms with Crippen molar-refractivity contribution < 1.29 is 9.53 Å². The number of benzene rings is 1. The Hall–Kier alpha value is -1.57. The van der Waals surface area contributed by atoms with E-state index in [1.165, 1.54) is 24.3 Å². The molecule has 0 aromatic heterocycles. The van der Waals surface area contributed by atoms with Crippen LogP contribution < -0.4 is 0 Å². The molecule has 0 N–H and O–H groups in total. The van der Waals surface area contributed by atoms with E-state index >= 15 is 0 Å². The summed E-state index contributed by atoms with van der Waals surface area (Å²) in [7, 11) is 0. The molecule has 0 saturated carbocycles. The van der Waals surface area contributed by atoms with E-state index in [9.17, 15) is 4.79 Å². The summed E-state index contributed by atoms with van der Waals surface area (Å²) in [4.78, 5) is 10.7. The van der Waals surface area contributed by atoms with Crippen molar-refractivity contribution in [2.24, 2.45) is 0 Å². The van der Waals surface area contributed by atoms with Gasteiger partial charge < -0.3 is 4.74 Å². The number of hydrogen-bond acceptors (Lipinski definition) is 2. The van der Waals surface area contributed by atoms with Gasteiger partial charge in [-0.15, -0.1) is 0 Å². The molecule has 1 aromatic rings. The van der Waals surface area contributed by atoms with Crippen molar-refractivity contribution in [1.29, 1.82) is 0 Å². The van der Waals surface area contributed by atoms with Crippen LogP contribution in [0.4, 0.5) is 0 Å². The van der Waals surface area contributed by atoms with Gasteiger partial charge >= 0.3 is 5.97 Å². The normalized spacial score (nSPS) is 12.4. The molecule has 0 amide bonds. The Balaban J connectivity index is 2.70. The lowest BCUT2D eigenvalue weighted by Gasteiger charge is -2.19. The average Bonchev–Trinajstić information content (AvgIpc) is 2.26. The molecule has 0 saturated heterocycles. The molecule has 0 aliphatic carbocycles. The van der Waals surface area contributed by atoms with Gasteiger partial charge in [0.05, 0.1) is 6.26 Å². The van der Waals surface area contributed by atoms with Gasteiger partial charge in [-0.2, -0.15) is 0 Å². The largest absolute Gasteiger partial charge is 0.435 e. The highest BCUT2D eigenvalue weighted by Gasteiger charge is 2.12. The summed E-state index contributed by atoms with van der Waals surface area (Å²) in [6.45, 7) is 9.97. The van der Waals surface area contributed by atoms with Crippen LogP contribution >= 0.6 is 0 Å². The molecule has 1 rings (SSSR count). The van der Waals surface area contributed by atoms with E-state index in [2.05, 4.69) is 45.0 Å². The van der Waals surface area contributed by atoms with Crippen LogP contribution in [0.1, 0.15) is 45.7 Å². The van der Waals surface area contributed by atoms with Crippen LogP contribution in [0.2, 0.25) is 0 Å². The lowest BCUT2D eigenvalue weighted by molar-refractivity contribution is -0.135. The first-order valence-electron chi connectivity index (χ1n) is 6.21. The zero-order valence-corrected chi connectivity index (χ0v) is 11.9. The molecule has 1 aromatic carbocycles. The smallest absolute Gasteiger partial charge is 0.307 e. The van der Waals surface area contributed by atoms with Crippen LogP contribution in [0.25, 0.3) is 0 Å². The zero-order chi connectivity index (χ0) is 13.8. The second-order valence-electron chi connectivity index (χ2n) is 5.70. The van der Waals surface area contributed by atoms with E-state index < -0.39 is 0 Å². The SMILES string of the molecule is CC(=O)O/C=C(\C)Cc1ccc(C(C)(C)C)cc1. The van der Waals surface area contributed by atoms with Crippen LogP contribution in [-0.4, -0.2) is 5.97 Å². The Morgan fingerprint density at radius 2 is 1.72 bits per heavy atom. The van der Waals surface area contributed by atoms with E-state index in [-0.39, 0.29) is 11.4 Å². The van der Waals surface area contributed by atoms with E-state index in [0.29, 0.717) is 0 Å². The molecule has 0 atom stereocenters. The molecule has 18 heavy (non-hydrogen) atoms. The molecule has 0 unspecified atom stereocenters. The molecule has 0 bridgehead atoms. The molecule has 2 heteroatoms. The number of carbonyl (C=O) groups excluding carboxylic acids is 1. The van der Waals surface area contributed by atoms with Crippen molar-refractivity contribution in [3.63, 3.8) is 0 Å². The van der Waals surface area contributed by atoms with Crippen LogP contribution in [0.3, 0.4) is 0 Å². The van der Waals surface area contributed by atoms with Crippen LogP contribution in [0, 0.1) is 0 Å². The maximum absolute atomic E-state index is 10.7. The maximum Gasteiger partial charge on any atom is 0.307 e. The first kappa shape index (κ1) is 14.5. The molecular formula is C16H22O2. The predicted octanol–water partition coefficient (Wildman–Crippen LogP) is 3.99. The summed E-state index contributed by atoms with van der Waals surface area (Å²) >= 11 is 0. The van der Waals surface area contributed by atoms with Crippen molar-refractivity contribution in [2.75, 3.05) is 0 Å². The fourth-order valence-corrected chi connectivity index (χ4v) is 1.67. The van der Waals surface area contributed by atoms with E-state index in [1.807, 2.05) is 6.92 Å². The van der Waals surface area contributed by atoms with Gasteiger partial charge in [-0.25, -0.2) is 0 Å². The summed E-state index contributed by atoms with van der Waals surface area (Å²) < 4.78 is 4.85. The topological polar surface area (TPSA) is 26.3 Å². The Labute approximate surface area is 110 Å². The zero-order valence-electron chi connectivity index (χ0n) is 11.9. The van der Waals surface area contributed by atoms with Gasteiger partial charge in [-0.1, -0.05) is 45.0 Å². The number of allylic oxidation sites excluding steroid dienone is 1. The number of ether oxygens (including phenoxy) is 1. The monoisotopic (exact) mass is 246 g/mol. The van der Waals surface area contributed by atoms with Gasteiger partial charge in [0.1, 0.15) is 0 Å². The first-order valence-corrected chi connectivity index (χ1v) is 6.21. The Kier molecular flexibility index (Phi) is 4.71. The third-order valence-electron chi connectivity index (χ3n) is 2.73. The molecule has 0 aliphatic rings. The molecule has 0 spiro atoms.